The Morgan fingerprint density at radius 3 is 2.43 bits per heavy atom. The quantitative estimate of drug-likeness (QED) is 0.812. The van der Waals surface area contributed by atoms with E-state index < -0.39 is 0 Å². The van der Waals surface area contributed by atoms with Gasteiger partial charge in [0.25, 0.3) is 0 Å². The van der Waals surface area contributed by atoms with Crippen LogP contribution in [0.4, 0.5) is 4.39 Å². The maximum Gasteiger partial charge on any atom is 0.123 e. The molecule has 2 aromatic carbocycles. The number of hydrogen-bond donors (Lipinski definition) is 1. The van der Waals surface area contributed by atoms with E-state index >= 15 is 0 Å². The fourth-order valence-electron chi connectivity index (χ4n) is 2.05. The molecule has 0 amide bonds. The standard InChI is InChI=1S/C16H15BrFNOS/c1-9-5-13(6-10(2)15(9)17)20-8-11-3-4-12(18)7-14(11)16(19)21/h3-7H,8H2,1-2H3,(H2,19,21). The van der Waals surface area contributed by atoms with Crippen molar-refractivity contribution in [3.8, 4) is 5.75 Å². The highest BCUT2D eigenvalue weighted by molar-refractivity contribution is 9.10. The van der Waals surface area contributed by atoms with Crippen LogP contribution in [0.5, 0.6) is 5.75 Å². The molecular weight excluding hydrogens is 353 g/mol. The molecule has 0 aliphatic heterocycles. The van der Waals surface area contributed by atoms with Gasteiger partial charge in [0.2, 0.25) is 0 Å². The summed E-state index contributed by atoms with van der Waals surface area (Å²) in [6.07, 6.45) is 0. The van der Waals surface area contributed by atoms with Crippen molar-refractivity contribution in [3.05, 3.63) is 62.9 Å². The summed E-state index contributed by atoms with van der Waals surface area (Å²) in [7, 11) is 0. The lowest BCUT2D eigenvalue weighted by molar-refractivity contribution is 0.305. The van der Waals surface area contributed by atoms with Crippen LogP contribution in [0.2, 0.25) is 0 Å². The Balaban J connectivity index is 2.22. The molecule has 0 spiro atoms. The summed E-state index contributed by atoms with van der Waals surface area (Å²) < 4.78 is 20.1. The fraction of sp³-hybridized carbons (Fsp3) is 0.188. The molecule has 110 valence electrons. The van der Waals surface area contributed by atoms with Gasteiger partial charge in [-0.25, -0.2) is 4.39 Å². The second kappa shape index (κ2) is 6.54. The van der Waals surface area contributed by atoms with Crippen molar-refractivity contribution in [1.82, 2.24) is 0 Å². The van der Waals surface area contributed by atoms with Crippen LogP contribution in [-0.4, -0.2) is 4.99 Å². The molecule has 0 unspecified atom stereocenters. The van der Waals surface area contributed by atoms with Crippen molar-refractivity contribution in [2.45, 2.75) is 20.5 Å². The van der Waals surface area contributed by atoms with Gasteiger partial charge in [0.1, 0.15) is 23.2 Å². The number of aryl methyl sites for hydroxylation is 2. The number of thiocarbonyl (C=S) groups is 1. The number of nitrogens with two attached hydrogens (primary N) is 1. The second-order valence-corrected chi connectivity index (χ2v) is 6.06. The second-order valence-electron chi connectivity index (χ2n) is 4.83. The van der Waals surface area contributed by atoms with E-state index in [2.05, 4.69) is 15.9 Å². The van der Waals surface area contributed by atoms with Gasteiger partial charge in [-0.2, -0.15) is 0 Å². The number of benzene rings is 2. The normalized spacial score (nSPS) is 10.5. The van der Waals surface area contributed by atoms with Crippen molar-refractivity contribution >= 4 is 33.1 Å². The van der Waals surface area contributed by atoms with Crippen molar-refractivity contribution in [2.24, 2.45) is 5.73 Å². The molecular formula is C16H15BrFNOS. The molecule has 2 rings (SSSR count). The molecule has 21 heavy (non-hydrogen) atoms. The van der Waals surface area contributed by atoms with Gasteiger partial charge in [-0.1, -0.05) is 34.2 Å². The van der Waals surface area contributed by atoms with Gasteiger partial charge in [-0.3, -0.25) is 0 Å². The van der Waals surface area contributed by atoms with E-state index in [1.807, 2.05) is 26.0 Å². The molecule has 0 atom stereocenters. The van der Waals surface area contributed by atoms with E-state index in [9.17, 15) is 4.39 Å². The van der Waals surface area contributed by atoms with Crippen LogP contribution in [-0.2, 0) is 6.61 Å². The predicted octanol–water partition coefficient (Wildman–Crippen LogP) is 4.42. The summed E-state index contributed by atoms with van der Waals surface area (Å²) >= 11 is 8.47. The van der Waals surface area contributed by atoms with Crippen LogP contribution in [0.1, 0.15) is 22.3 Å². The van der Waals surface area contributed by atoms with Crippen LogP contribution in [0.25, 0.3) is 0 Å². The van der Waals surface area contributed by atoms with Gasteiger partial charge >= 0.3 is 0 Å². The fourth-order valence-corrected chi connectivity index (χ4v) is 2.47. The molecule has 0 heterocycles. The van der Waals surface area contributed by atoms with Crippen molar-refractivity contribution in [1.29, 1.82) is 0 Å². The molecule has 2 N–H and O–H groups in total. The maximum atomic E-state index is 13.3. The zero-order valence-corrected chi connectivity index (χ0v) is 14.1. The van der Waals surface area contributed by atoms with Gasteiger partial charge in [0.05, 0.1) is 0 Å². The van der Waals surface area contributed by atoms with E-state index in [0.717, 1.165) is 26.9 Å². The molecule has 0 saturated heterocycles. The highest BCUT2D eigenvalue weighted by Crippen LogP contribution is 2.27. The average Bonchev–Trinajstić information content (AvgIpc) is 2.43. The van der Waals surface area contributed by atoms with Crippen molar-refractivity contribution in [3.63, 3.8) is 0 Å². The lowest BCUT2D eigenvalue weighted by atomic mass is 10.1. The number of ether oxygens (including phenoxy) is 1. The number of halogens is 2. The third-order valence-electron chi connectivity index (χ3n) is 3.14. The Morgan fingerprint density at radius 1 is 1.24 bits per heavy atom. The third kappa shape index (κ3) is 3.80. The molecule has 0 aliphatic rings. The molecule has 0 aliphatic carbocycles. The molecule has 0 bridgehead atoms. The van der Waals surface area contributed by atoms with Gasteiger partial charge in [-0.05, 0) is 54.8 Å². The summed E-state index contributed by atoms with van der Waals surface area (Å²) in [5.74, 6) is 0.392. The topological polar surface area (TPSA) is 35.2 Å². The summed E-state index contributed by atoms with van der Waals surface area (Å²) in [6, 6.07) is 8.24. The zero-order chi connectivity index (χ0) is 15.6. The molecule has 0 radical (unpaired) electrons. The lowest BCUT2D eigenvalue weighted by Crippen LogP contribution is -2.14. The van der Waals surface area contributed by atoms with Crippen molar-refractivity contribution in [2.75, 3.05) is 0 Å². The summed E-state index contributed by atoms with van der Waals surface area (Å²) in [5, 5.41) is 0. The largest absolute Gasteiger partial charge is 0.489 e. The molecule has 2 aromatic rings. The van der Waals surface area contributed by atoms with Crippen molar-refractivity contribution < 1.29 is 9.13 Å². The number of rotatable bonds is 4. The van der Waals surface area contributed by atoms with Crippen LogP contribution >= 0.6 is 28.1 Å². The highest BCUT2D eigenvalue weighted by Gasteiger charge is 2.09. The Morgan fingerprint density at radius 2 is 1.86 bits per heavy atom. The van der Waals surface area contributed by atoms with Crippen LogP contribution in [0.15, 0.2) is 34.8 Å². The Bertz CT molecular complexity index is 680. The monoisotopic (exact) mass is 367 g/mol. The van der Waals surface area contributed by atoms with Crippen LogP contribution in [0, 0.1) is 19.7 Å². The third-order valence-corrected chi connectivity index (χ3v) is 4.61. The molecule has 0 fully saturated rings. The first kappa shape index (κ1) is 15.9. The first-order valence-corrected chi connectivity index (χ1v) is 7.56. The van der Waals surface area contributed by atoms with Gasteiger partial charge in [-0.15, -0.1) is 0 Å². The first-order chi connectivity index (χ1) is 9.88. The minimum absolute atomic E-state index is 0.163. The van der Waals surface area contributed by atoms with E-state index in [1.165, 1.54) is 12.1 Å². The van der Waals surface area contributed by atoms with Gasteiger partial charge < -0.3 is 10.5 Å². The number of hydrogen-bond acceptors (Lipinski definition) is 2. The highest BCUT2D eigenvalue weighted by atomic mass is 79.9. The Hall–Kier alpha value is -1.46. The molecule has 0 aromatic heterocycles. The minimum atomic E-state index is -0.364. The van der Waals surface area contributed by atoms with E-state index in [1.54, 1.807) is 6.07 Å². The van der Waals surface area contributed by atoms with Crippen LogP contribution in [0.3, 0.4) is 0 Å². The summed E-state index contributed by atoms with van der Waals surface area (Å²) in [5.41, 5.74) is 9.09. The van der Waals surface area contributed by atoms with E-state index in [0.29, 0.717) is 5.56 Å². The minimum Gasteiger partial charge on any atom is -0.489 e. The van der Waals surface area contributed by atoms with E-state index in [-0.39, 0.29) is 17.4 Å². The lowest BCUT2D eigenvalue weighted by Gasteiger charge is -2.12. The zero-order valence-electron chi connectivity index (χ0n) is 11.7. The molecule has 0 saturated carbocycles. The average molecular weight is 368 g/mol. The maximum absolute atomic E-state index is 13.3. The predicted molar refractivity (Wildman–Crippen MR) is 90.2 cm³/mol. The summed E-state index contributed by atoms with van der Waals surface area (Å²) in [4.78, 5) is 0.163. The SMILES string of the molecule is Cc1cc(OCc2ccc(F)cc2C(N)=S)cc(C)c1Br. The van der Waals surface area contributed by atoms with Crippen LogP contribution < -0.4 is 10.5 Å². The first-order valence-electron chi connectivity index (χ1n) is 6.36. The molecule has 5 heteroatoms. The smallest absolute Gasteiger partial charge is 0.123 e. The summed E-state index contributed by atoms with van der Waals surface area (Å²) in [6.45, 7) is 4.29. The van der Waals surface area contributed by atoms with Gasteiger partial charge in [0, 0.05) is 10.0 Å². The van der Waals surface area contributed by atoms with Gasteiger partial charge in [0.15, 0.2) is 0 Å². The Kier molecular flexibility index (Phi) is 4.96. The van der Waals surface area contributed by atoms with E-state index in [4.69, 9.17) is 22.7 Å². The Labute approximate surface area is 137 Å². The molecule has 2 nitrogen and oxygen atoms in total.